The summed E-state index contributed by atoms with van der Waals surface area (Å²) >= 11 is 1.10. The van der Waals surface area contributed by atoms with Crippen LogP contribution in [0.4, 0.5) is 0 Å². The molecule has 0 spiro atoms. The molecule has 4 nitrogen and oxygen atoms in total. The van der Waals surface area contributed by atoms with E-state index in [2.05, 4.69) is 21.0 Å². The maximum atomic E-state index is 11.0. The van der Waals surface area contributed by atoms with Gasteiger partial charge in [-0.2, -0.15) is 4.37 Å². The quantitative estimate of drug-likeness (QED) is 0.694. The number of hydrogen-bond donors (Lipinski definition) is 0. The highest BCUT2D eigenvalue weighted by Gasteiger charge is 2.11. The molecule has 1 aromatic heterocycles. The number of methoxy groups -OCH3 is 1. The fourth-order valence-corrected chi connectivity index (χ4v) is 1.49. The SMILES string of the molecule is CCCCc1nsc(C(=O)OC)n1. The highest BCUT2D eigenvalue weighted by molar-refractivity contribution is 7.07. The van der Waals surface area contributed by atoms with Crippen molar-refractivity contribution in [2.24, 2.45) is 0 Å². The number of rotatable bonds is 4. The first-order valence-electron chi connectivity index (χ1n) is 4.18. The van der Waals surface area contributed by atoms with Crippen molar-refractivity contribution in [1.82, 2.24) is 9.36 Å². The normalized spacial score (nSPS) is 10.0. The van der Waals surface area contributed by atoms with Gasteiger partial charge in [0.2, 0.25) is 5.01 Å². The van der Waals surface area contributed by atoms with Crippen molar-refractivity contribution in [1.29, 1.82) is 0 Å². The molecule has 5 heteroatoms. The van der Waals surface area contributed by atoms with E-state index < -0.39 is 5.97 Å². The van der Waals surface area contributed by atoms with E-state index in [1.54, 1.807) is 0 Å². The summed E-state index contributed by atoms with van der Waals surface area (Å²) in [5.74, 6) is 0.340. The van der Waals surface area contributed by atoms with Crippen molar-refractivity contribution in [3.8, 4) is 0 Å². The van der Waals surface area contributed by atoms with Gasteiger partial charge in [0.1, 0.15) is 5.82 Å². The maximum Gasteiger partial charge on any atom is 0.368 e. The Hall–Kier alpha value is -0.970. The molecule has 0 bridgehead atoms. The fourth-order valence-electron chi connectivity index (χ4n) is 0.861. The van der Waals surface area contributed by atoms with Gasteiger partial charge in [-0.25, -0.2) is 9.78 Å². The minimum Gasteiger partial charge on any atom is -0.464 e. The van der Waals surface area contributed by atoms with Crippen molar-refractivity contribution < 1.29 is 9.53 Å². The summed E-state index contributed by atoms with van der Waals surface area (Å²) in [6.45, 7) is 2.10. The van der Waals surface area contributed by atoms with Crippen LogP contribution in [0.2, 0.25) is 0 Å². The Balaban J connectivity index is 2.58. The van der Waals surface area contributed by atoms with Crippen LogP contribution >= 0.6 is 11.5 Å². The lowest BCUT2D eigenvalue weighted by atomic mass is 10.2. The molecule has 0 N–H and O–H groups in total. The van der Waals surface area contributed by atoms with Gasteiger partial charge in [0.15, 0.2) is 0 Å². The van der Waals surface area contributed by atoms with Gasteiger partial charge in [-0.3, -0.25) is 0 Å². The summed E-state index contributed by atoms with van der Waals surface area (Å²) in [4.78, 5) is 15.0. The average Bonchev–Trinajstić information content (AvgIpc) is 2.62. The Morgan fingerprint density at radius 2 is 2.38 bits per heavy atom. The minimum absolute atomic E-state index is 0.341. The molecule has 0 saturated carbocycles. The number of ether oxygens (including phenoxy) is 1. The number of hydrogen-bond acceptors (Lipinski definition) is 5. The van der Waals surface area contributed by atoms with Crippen LogP contribution in [0.15, 0.2) is 0 Å². The molecule has 0 fully saturated rings. The van der Waals surface area contributed by atoms with E-state index in [0.29, 0.717) is 5.01 Å². The van der Waals surface area contributed by atoms with Crippen LogP contribution in [0, 0.1) is 0 Å². The monoisotopic (exact) mass is 200 g/mol. The molecular weight excluding hydrogens is 188 g/mol. The topological polar surface area (TPSA) is 52.1 Å². The van der Waals surface area contributed by atoms with E-state index in [4.69, 9.17) is 0 Å². The number of aryl methyl sites for hydroxylation is 1. The Morgan fingerprint density at radius 1 is 1.62 bits per heavy atom. The van der Waals surface area contributed by atoms with Gasteiger partial charge in [-0.15, -0.1) is 0 Å². The van der Waals surface area contributed by atoms with Gasteiger partial charge in [-0.1, -0.05) is 13.3 Å². The number of carbonyl (C=O) groups excluding carboxylic acids is 1. The first-order valence-corrected chi connectivity index (χ1v) is 4.96. The van der Waals surface area contributed by atoms with E-state index in [0.717, 1.165) is 36.6 Å². The zero-order chi connectivity index (χ0) is 9.68. The highest BCUT2D eigenvalue weighted by Crippen LogP contribution is 2.08. The summed E-state index contributed by atoms with van der Waals surface area (Å²) in [5, 5.41) is 0.341. The number of aromatic nitrogens is 2. The molecule has 13 heavy (non-hydrogen) atoms. The van der Waals surface area contributed by atoms with Crippen LogP contribution in [0.25, 0.3) is 0 Å². The summed E-state index contributed by atoms with van der Waals surface area (Å²) in [6, 6.07) is 0. The molecule has 0 amide bonds. The first kappa shape index (κ1) is 10.1. The Morgan fingerprint density at radius 3 is 3.00 bits per heavy atom. The van der Waals surface area contributed by atoms with E-state index in [-0.39, 0.29) is 0 Å². The summed E-state index contributed by atoms with van der Waals surface area (Å²) in [5.41, 5.74) is 0. The van der Waals surface area contributed by atoms with Gasteiger partial charge in [0.25, 0.3) is 0 Å². The molecule has 0 atom stereocenters. The van der Waals surface area contributed by atoms with Crippen LogP contribution in [0.5, 0.6) is 0 Å². The number of nitrogens with zero attached hydrogens (tertiary/aromatic N) is 2. The largest absolute Gasteiger partial charge is 0.464 e. The predicted octanol–water partition coefficient (Wildman–Crippen LogP) is 1.67. The highest BCUT2D eigenvalue weighted by atomic mass is 32.1. The van der Waals surface area contributed by atoms with E-state index in [1.165, 1.54) is 7.11 Å². The molecule has 1 rings (SSSR count). The van der Waals surface area contributed by atoms with E-state index in [1.807, 2.05) is 0 Å². The molecule has 0 saturated heterocycles. The lowest BCUT2D eigenvalue weighted by Gasteiger charge is -1.91. The Labute approximate surface area is 81.1 Å². The van der Waals surface area contributed by atoms with Crippen LogP contribution in [-0.2, 0) is 11.2 Å². The van der Waals surface area contributed by atoms with E-state index >= 15 is 0 Å². The minimum atomic E-state index is -0.403. The van der Waals surface area contributed by atoms with Crippen molar-refractivity contribution in [3.63, 3.8) is 0 Å². The lowest BCUT2D eigenvalue weighted by molar-refractivity contribution is 0.0600. The van der Waals surface area contributed by atoms with Crippen molar-refractivity contribution >= 4 is 17.5 Å². The zero-order valence-electron chi connectivity index (χ0n) is 7.74. The second-order valence-electron chi connectivity index (χ2n) is 2.61. The van der Waals surface area contributed by atoms with Gasteiger partial charge in [-0.05, 0) is 18.0 Å². The van der Waals surface area contributed by atoms with Crippen molar-refractivity contribution in [3.05, 3.63) is 10.8 Å². The van der Waals surface area contributed by atoms with Crippen molar-refractivity contribution in [2.75, 3.05) is 7.11 Å². The summed E-state index contributed by atoms with van der Waals surface area (Å²) in [6.07, 6.45) is 2.99. The smallest absolute Gasteiger partial charge is 0.368 e. The van der Waals surface area contributed by atoms with Gasteiger partial charge in [0.05, 0.1) is 7.11 Å². The second-order valence-corrected chi connectivity index (χ2v) is 3.36. The summed E-state index contributed by atoms with van der Waals surface area (Å²) in [7, 11) is 1.34. The molecule has 0 aliphatic heterocycles. The standard InChI is InChI=1S/C8H12N2O2S/c1-3-4-5-6-9-7(13-10-6)8(11)12-2/h3-5H2,1-2H3. The fraction of sp³-hybridized carbons (Fsp3) is 0.625. The Kier molecular flexibility index (Phi) is 3.82. The van der Waals surface area contributed by atoms with Gasteiger partial charge in [0, 0.05) is 6.42 Å². The third kappa shape index (κ3) is 2.77. The summed E-state index contributed by atoms with van der Waals surface area (Å²) < 4.78 is 8.58. The van der Waals surface area contributed by atoms with E-state index in [9.17, 15) is 4.79 Å². The average molecular weight is 200 g/mol. The van der Waals surface area contributed by atoms with Crippen LogP contribution < -0.4 is 0 Å². The first-order chi connectivity index (χ1) is 6.27. The molecule has 0 unspecified atom stereocenters. The second kappa shape index (κ2) is 4.91. The number of carbonyl (C=O) groups is 1. The molecule has 0 aliphatic carbocycles. The molecular formula is C8H12N2O2S. The molecule has 1 heterocycles. The van der Waals surface area contributed by atoms with Crippen LogP contribution in [0.1, 0.15) is 35.4 Å². The molecule has 0 aromatic carbocycles. The maximum absolute atomic E-state index is 11.0. The molecule has 1 aromatic rings. The van der Waals surface area contributed by atoms with Crippen LogP contribution in [0.3, 0.4) is 0 Å². The Bertz CT molecular complexity index is 285. The third-order valence-electron chi connectivity index (χ3n) is 1.58. The predicted molar refractivity (Wildman–Crippen MR) is 49.9 cm³/mol. The zero-order valence-corrected chi connectivity index (χ0v) is 8.56. The van der Waals surface area contributed by atoms with Gasteiger partial charge < -0.3 is 4.74 Å². The third-order valence-corrected chi connectivity index (χ3v) is 2.31. The van der Waals surface area contributed by atoms with Crippen molar-refractivity contribution in [2.45, 2.75) is 26.2 Å². The molecule has 72 valence electrons. The molecule has 0 aliphatic rings. The van der Waals surface area contributed by atoms with Gasteiger partial charge >= 0.3 is 5.97 Å². The van der Waals surface area contributed by atoms with Crippen LogP contribution in [-0.4, -0.2) is 22.4 Å². The molecule has 0 radical (unpaired) electrons. The number of esters is 1. The number of unbranched alkanes of at least 4 members (excludes halogenated alkanes) is 1. The lowest BCUT2D eigenvalue weighted by Crippen LogP contribution is -2.00.